The van der Waals surface area contributed by atoms with Crippen molar-refractivity contribution >= 4 is 17.7 Å². The van der Waals surface area contributed by atoms with E-state index >= 15 is 0 Å². The second-order valence-corrected chi connectivity index (χ2v) is 10.3. The molecule has 8 heteroatoms. The average Bonchev–Trinajstić information content (AvgIpc) is 3.32. The van der Waals surface area contributed by atoms with Gasteiger partial charge in [-0.05, 0) is 43.5 Å². The molecule has 186 valence electrons. The van der Waals surface area contributed by atoms with Gasteiger partial charge < -0.3 is 14.4 Å². The average molecular weight is 495 g/mol. The molecular weight excluding hydrogens is 460 g/mol. The van der Waals surface area contributed by atoms with Gasteiger partial charge in [0.1, 0.15) is 0 Å². The number of carbonyl (C=O) groups is 1. The topological polar surface area (TPSA) is 69.5 Å². The zero-order chi connectivity index (χ0) is 24.8. The van der Waals surface area contributed by atoms with Gasteiger partial charge >= 0.3 is 0 Å². The van der Waals surface area contributed by atoms with Gasteiger partial charge in [-0.1, -0.05) is 61.4 Å². The van der Waals surface area contributed by atoms with Crippen molar-refractivity contribution in [2.24, 2.45) is 0 Å². The van der Waals surface area contributed by atoms with E-state index < -0.39 is 0 Å². The van der Waals surface area contributed by atoms with Crippen LogP contribution >= 0.6 is 11.8 Å². The van der Waals surface area contributed by atoms with Crippen LogP contribution in [0.3, 0.4) is 0 Å². The lowest BCUT2D eigenvalue weighted by Crippen LogP contribution is -2.33. The first-order valence-electron chi connectivity index (χ1n) is 12.1. The van der Waals surface area contributed by atoms with E-state index in [1.54, 1.807) is 19.1 Å². The molecule has 1 aliphatic carbocycles. The number of aromatic nitrogens is 3. The SMILES string of the molecule is COc1ccc(-c2nnc(SC(C)C(=O)N(C)Cc3ccccc3)n2C2CCCCC2)cc1OC. The van der Waals surface area contributed by atoms with E-state index in [0.717, 1.165) is 34.9 Å². The van der Waals surface area contributed by atoms with Crippen molar-refractivity contribution in [1.82, 2.24) is 19.7 Å². The summed E-state index contributed by atoms with van der Waals surface area (Å²) in [5, 5.41) is 9.66. The Labute approximate surface area is 211 Å². The number of hydrogen-bond acceptors (Lipinski definition) is 6. The molecular formula is C27H34N4O3S. The Hall–Kier alpha value is -3.00. The fourth-order valence-electron chi connectivity index (χ4n) is 4.65. The first-order chi connectivity index (χ1) is 17.0. The summed E-state index contributed by atoms with van der Waals surface area (Å²) < 4.78 is 13.2. The quantitative estimate of drug-likeness (QED) is 0.360. The molecule has 1 unspecified atom stereocenters. The molecule has 2 aromatic carbocycles. The molecule has 35 heavy (non-hydrogen) atoms. The van der Waals surface area contributed by atoms with Gasteiger partial charge in [-0.2, -0.15) is 0 Å². The summed E-state index contributed by atoms with van der Waals surface area (Å²) in [6.45, 7) is 2.53. The maximum absolute atomic E-state index is 13.2. The minimum Gasteiger partial charge on any atom is -0.493 e. The lowest BCUT2D eigenvalue weighted by Gasteiger charge is -2.27. The molecule has 0 spiro atoms. The molecule has 7 nitrogen and oxygen atoms in total. The van der Waals surface area contributed by atoms with Crippen molar-refractivity contribution < 1.29 is 14.3 Å². The van der Waals surface area contributed by atoms with Crippen molar-refractivity contribution in [2.75, 3.05) is 21.3 Å². The van der Waals surface area contributed by atoms with Crippen LogP contribution in [0.2, 0.25) is 0 Å². The number of carbonyl (C=O) groups excluding carboxylic acids is 1. The Morgan fingerprint density at radius 2 is 1.77 bits per heavy atom. The Balaban J connectivity index is 1.60. The number of methoxy groups -OCH3 is 2. The van der Waals surface area contributed by atoms with Gasteiger partial charge in [-0.3, -0.25) is 9.36 Å². The van der Waals surface area contributed by atoms with Gasteiger partial charge in [-0.15, -0.1) is 10.2 Å². The lowest BCUT2D eigenvalue weighted by molar-refractivity contribution is -0.129. The van der Waals surface area contributed by atoms with Crippen molar-refractivity contribution in [3.8, 4) is 22.9 Å². The number of hydrogen-bond donors (Lipinski definition) is 0. The van der Waals surface area contributed by atoms with Crippen LogP contribution in [0.5, 0.6) is 11.5 Å². The number of rotatable bonds is 9. The van der Waals surface area contributed by atoms with Crippen LogP contribution < -0.4 is 9.47 Å². The summed E-state index contributed by atoms with van der Waals surface area (Å²) in [5.41, 5.74) is 2.04. The standard InChI is InChI=1S/C27H34N4O3S/c1-19(26(32)30(2)18-20-11-7-5-8-12-20)35-27-29-28-25(31(27)22-13-9-6-10-14-22)21-15-16-23(33-3)24(17-21)34-4/h5,7-8,11-12,15-17,19,22H,6,9-10,13-14,18H2,1-4H3. The summed E-state index contributed by atoms with van der Waals surface area (Å²) in [6, 6.07) is 16.2. The predicted octanol–water partition coefficient (Wildman–Crippen LogP) is 5.61. The van der Waals surface area contributed by atoms with Gasteiger partial charge in [-0.25, -0.2) is 0 Å². The maximum atomic E-state index is 13.2. The van der Waals surface area contributed by atoms with Crippen molar-refractivity contribution in [1.29, 1.82) is 0 Å². The van der Waals surface area contributed by atoms with Crippen molar-refractivity contribution in [3.63, 3.8) is 0 Å². The van der Waals surface area contributed by atoms with Crippen LogP contribution in [-0.2, 0) is 11.3 Å². The van der Waals surface area contributed by atoms with Gasteiger partial charge in [0.15, 0.2) is 22.5 Å². The van der Waals surface area contributed by atoms with E-state index in [2.05, 4.69) is 14.8 Å². The van der Waals surface area contributed by atoms with E-state index in [1.165, 1.54) is 31.0 Å². The molecule has 1 heterocycles. The highest BCUT2D eigenvalue weighted by atomic mass is 32.2. The number of benzene rings is 2. The van der Waals surface area contributed by atoms with E-state index in [4.69, 9.17) is 9.47 Å². The second kappa shape index (κ2) is 11.6. The first-order valence-corrected chi connectivity index (χ1v) is 13.0. The van der Waals surface area contributed by atoms with Crippen LogP contribution in [0.4, 0.5) is 0 Å². The van der Waals surface area contributed by atoms with E-state index in [1.807, 2.05) is 62.5 Å². The summed E-state index contributed by atoms with van der Waals surface area (Å²) in [6.07, 6.45) is 5.80. The van der Waals surface area contributed by atoms with E-state index in [-0.39, 0.29) is 11.2 Å². The van der Waals surface area contributed by atoms with E-state index in [9.17, 15) is 4.79 Å². The number of nitrogens with zero attached hydrogens (tertiary/aromatic N) is 4. The maximum Gasteiger partial charge on any atom is 0.235 e. The Bertz CT molecular complexity index is 1130. The van der Waals surface area contributed by atoms with E-state index in [0.29, 0.717) is 24.1 Å². The molecule has 0 bridgehead atoms. The molecule has 0 N–H and O–H groups in total. The van der Waals surface area contributed by atoms with Crippen LogP contribution in [0, 0.1) is 0 Å². The van der Waals surface area contributed by atoms with Gasteiger partial charge in [0.05, 0.1) is 19.5 Å². The predicted molar refractivity (Wildman–Crippen MR) is 139 cm³/mol. The Morgan fingerprint density at radius 3 is 2.46 bits per heavy atom. The molecule has 0 radical (unpaired) electrons. The fourth-order valence-corrected chi connectivity index (χ4v) is 5.69. The van der Waals surface area contributed by atoms with Crippen molar-refractivity contribution in [3.05, 3.63) is 54.1 Å². The van der Waals surface area contributed by atoms with Gasteiger partial charge in [0.2, 0.25) is 5.91 Å². The largest absolute Gasteiger partial charge is 0.493 e. The molecule has 1 amide bonds. The third kappa shape index (κ3) is 5.81. The first kappa shape index (κ1) is 25.1. The summed E-state index contributed by atoms with van der Waals surface area (Å²) in [4.78, 5) is 15.0. The molecule has 4 rings (SSSR count). The smallest absolute Gasteiger partial charge is 0.235 e. The molecule has 1 aromatic heterocycles. The molecule has 1 fully saturated rings. The molecule has 1 saturated carbocycles. The summed E-state index contributed by atoms with van der Waals surface area (Å²) >= 11 is 1.49. The molecule has 1 aliphatic rings. The van der Waals surface area contributed by atoms with Crippen molar-refractivity contribution in [2.45, 2.75) is 62.0 Å². The lowest BCUT2D eigenvalue weighted by atomic mass is 9.95. The zero-order valence-corrected chi connectivity index (χ0v) is 21.8. The minimum absolute atomic E-state index is 0.0738. The van der Waals surface area contributed by atoms with Gasteiger partial charge in [0, 0.05) is 25.2 Å². The zero-order valence-electron chi connectivity index (χ0n) is 20.9. The molecule has 0 saturated heterocycles. The molecule has 0 aliphatic heterocycles. The minimum atomic E-state index is -0.284. The summed E-state index contributed by atoms with van der Waals surface area (Å²) in [7, 11) is 5.12. The summed E-state index contributed by atoms with van der Waals surface area (Å²) in [5.74, 6) is 2.21. The molecule has 1 atom stereocenters. The monoisotopic (exact) mass is 494 g/mol. The van der Waals surface area contributed by atoms with Crippen LogP contribution in [0.25, 0.3) is 11.4 Å². The highest BCUT2D eigenvalue weighted by Crippen LogP contribution is 2.39. The Morgan fingerprint density at radius 1 is 1.06 bits per heavy atom. The number of thioether (sulfide) groups is 1. The second-order valence-electron chi connectivity index (χ2n) is 8.98. The van der Waals surface area contributed by atoms with Crippen LogP contribution in [0.1, 0.15) is 50.6 Å². The van der Waals surface area contributed by atoms with Crippen LogP contribution in [0.15, 0.2) is 53.7 Å². The van der Waals surface area contributed by atoms with Gasteiger partial charge in [0.25, 0.3) is 0 Å². The fraction of sp³-hybridized carbons (Fsp3) is 0.444. The Kier molecular flexibility index (Phi) is 8.33. The normalized spacial score (nSPS) is 15.0. The third-order valence-corrected chi connectivity index (χ3v) is 7.56. The molecule has 3 aromatic rings. The highest BCUT2D eigenvalue weighted by molar-refractivity contribution is 8.00. The number of ether oxygens (including phenoxy) is 2. The number of amides is 1. The highest BCUT2D eigenvalue weighted by Gasteiger charge is 2.28. The third-order valence-electron chi connectivity index (χ3n) is 6.51. The van der Waals surface area contributed by atoms with Crippen LogP contribution in [-0.4, -0.2) is 52.1 Å².